The van der Waals surface area contributed by atoms with Gasteiger partial charge in [-0.25, -0.2) is 0 Å². The summed E-state index contributed by atoms with van der Waals surface area (Å²) >= 11 is 3.48. The van der Waals surface area contributed by atoms with Gasteiger partial charge in [-0.2, -0.15) is 0 Å². The van der Waals surface area contributed by atoms with Crippen LogP contribution in [0.4, 0.5) is 0 Å². The molecule has 2 rings (SSSR count). The lowest BCUT2D eigenvalue weighted by molar-refractivity contribution is 0.190. The maximum absolute atomic E-state index is 9.66. The number of nitrogens with zero attached hydrogens (tertiary/aromatic N) is 1. The fourth-order valence-corrected chi connectivity index (χ4v) is 2.54. The fourth-order valence-electron chi connectivity index (χ4n) is 1.96. The zero-order valence-electron chi connectivity index (χ0n) is 10.4. The van der Waals surface area contributed by atoms with Crippen molar-refractivity contribution in [2.45, 2.75) is 19.6 Å². The van der Waals surface area contributed by atoms with Crippen LogP contribution in [-0.4, -0.2) is 16.8 Å². The van der Waals surface area contributed by atoms with Crippen molar-refractivity contribution in [3.05, 3.63) is 52.3 Å². The number of methoxy groups -OCH3 is 1. The number of aliphatic hydroxyl groups is 1. The number of hydrogen-bond donors (Lipinski definition) is 1. The maximum atomic E-state index is 9.66. The van der Waals surface area contributed by atoms with E-state index < -0.39 is 6.10 Å². The molecule has 0 amide bonds. The molecule has 1 heterocycles. The quantitative estimate of drug-likeness (QED) is 0.939. The van der Waals surface area contributed by atoms with Gasteiger partial charge in [0.05, 0.1) is 17.7 Å². The molecular formula is C14H16BrNO2. The van der Waals surface area contributed by atoms with Crippen molar-refractivity contribution in [3.8, 4) is 5.75 Å². The molecule has 18 heavy (non-hydrogen) atoms. The van der Waals surface area contributed by atoms with Crippen LogP contribution in [0.25, 0.3) is 0 Å². The highest BCUT2D eigenvalue weighted by molar-refractivity contribution is 9.10. The molecule has 1 atom stereocenters. The number of aliphatic hydroxyl groups excluding tert-OH is 1. The van der Waals surface area contributed by atoms with Crippen molar-refractivity contribution in [1.82, 2.24) is 4.57 Å². The Hall–Kier alpha value is -1.26. The SMILES string of the molecule is COc1ccc(Cn2cccc2C(C)O)cc1Br. The van der Waals surface area contributed by atoms with Crippen LogP contribution in [0.15, 0.2) is 41.0 Å². The third kappa shape index (κ3) is 2.76. The zero-order chi connectivity index (χ0) is 13.1. The molecule has 1 aromatic heterocycles. The van der Waals surface area contributed by atoms with Gasteiger partial charge in [-0.05, 0) is 52.7 Å². The third-order valence-corrected chi connectivity index (χ3v) is 3.48. The minimum Gasteiger partial charge on any atom is -0.496 e. The molecule has 1 aromatic carbocycles. The highest BCUT2D eigenvalue weighted by Gasteiger charge is 2.08. The number of ether oxygens (including phenoxy) is 1. The highest BCUT2D eigenvalue weighted by Crippen LogP contribution is 2.26. The summed E-state index contributed by atoms with van der Waals surface area (Å²) in [7, 11) is 1.65. The first kappa shape index (κ1) is 13.2. The average molecular weight is 310 g/mol. The molecular weight excluding hydrogens is 294 g/mol. The molecule has 3 nitrogen and oxygen atoms in total. The molecule has 0 radical (unpaired) electrons. The lowest BCUT2D eigenvalue weighted by Gasteiger charge is -2.12. The Morgan fingerprint density at radius 3 is 2.78 bits per heavy atom. The van der Waals surface area contributed by atoms with Crippen molar-refractivity contribution in [3.63, 3.8) is 0 Å². The number of rotatable bonds is 4. The van der Waals surface area contributed by atoms with Crippen molar-refractivity contribution in [2.75, 3.05) is 7.11 Å². The number of aromatic nitrogens is 1. The van der Waals surface area contributed by atoms with E-state index in [1.165, 1.54) is 0 Å². The second-order valence-corrected chi connectivity index (χ2v) is 5.06. The molecule has 0 spiro atoms. The Morgan fingerprint density at radius 2 is 2.17 bits per heavy atom. The fraction of sp³-hybridized carbons (Fsp3) is 0.286. The van der Waals surface area contributed by atoms with Crippen molar-refractivity contribution in [2.24, 2.45) is 0 Å². The van der Waals surface area contributed by atoms with Gasteiger partial charge in [-0.3, -0.25) is 0 Å². The number of benzene rings is 1. The summed E-state index contributed by atoms with van der Waals surface area (Å²) in [4.78, 5) is 0. The predicted molar refractivity (Wildman–Crippen MR) is 74.9 cm³/mol. The summed E-state index contributed by atoms with van der Waals surface area (Å²) in [5, 5.41) is 9.66. The molecule has 0 aliphatic heterocycles. The highest BCUT2D eigenvalue weighted by atomic mass is 79.9. The van der Waals surface area contributed by atoms with Crippen LogP contribution in [0.5, 0.6) is 5.75 Å². The molecule has 1 unspecified atom stereocenters. The summed E-state index contributed by atoms with van der Waals surface area (Å²) in [6, 6.07) is 9.87. The van der Waals surface area contributed by atoms with Crippen molar-refractivity contribution < 1.29 is 9.84 Å². The normalized spacial score (nSPS) is 12.4. The molecule has 1 N–H and O–H groups in total. The molecule has 0 saturated carbocycles. The van der Waals surface area contributed by atoms with Crippen molar-refractivity contribution >= 4 is 15.9 Å². The van der Waals surface area contributed by atoms with E-state index >= 15 is 0 Å². The molecule has 0 bridgehead atoms. The van der Waals surface area contributed by atoms with E-state index in [4.69, 9.17) is 4.74 Å². The van der Waals surface area contributed by atoms with E-state index in [1.54, 1.807) is 14.0 Å². The Kier molecular flexibility index (Phi) is 4.09. The maximum Gasteiger partial charge on any atom is 0.133 e. The lowest BCUT2D eigenvalue weighted by atomic mass is 10.2. The van der Waals surface area contributed by atoms with Gasteiger partial charge < -0.3 is 14.4 Å². The third-order valence-electron chi connectivity index (χ3n) is 2.86. The topological polar surface area (TPSA) is 34.4 Å². The van der Waals surface area contributed by atoms with Gasteiger partial charge in [0.25, 0.3) is 0 Å². The van der Waals surface area contributed by atoms with Crippen LogP contribution in [0.3, 0.4) is 0 Å². The van der Waals surface area contributed by atoms with Gasteiger partial charge >= 0.3 is 0 Å². The minimum atomic E-state index is -0.457. The first-order chi connectivity index (χ1) is 8.61. The van der Waals surface area contributed by atoms with Gasteiger partial charge in [0.1, 0.15) is 5.75 Å². The molecule has 4 heteroatoms. The first-order valence-electron chi connectivity index (χ1n) is 5.77. The summed E-state index contributed by atoms with van der Waals surface area (Å²) < 4.78 is 8.18. The molecule has 0 saturated heterocycles. The predicted octanol–water partition coefficient (Wildman–Crippen LogP) is 3.36. The van der Waals surface area contributed by atoms with Crippen LogP contribution < -0.4 is 4.74 Å². The van der Waals surface area contributed by atoms with E-state index in [1.807, 2.05) is 41.1 Å². The summed E-state index contributed by atoms with van der Waals surface area (Å²) in [5.74, 6) is 0.821. The minimum absolute atomic E-state index is 0.457. The monoisotopic (exact) mass is 309 g/mol. The molecule has 96 valence electrons. The van der Waals surface area contributed by atoms with E-state index in [-0.39, 0.29) is 0 Å². The Labute approximate surface area is 115 Å². The van der Waals surface area contributed by atoms with Gasteiger partial charge in [0, 0.05) is 18.4 Å². The van der Waals surface area contributed by atoms with Crippen LogP contribution in [0, 0.1) is 0 Å². The zero-order valence-corrected chi connectivity index (χ0v) is 12.0. The molecule has 0 aliphatic rings. The Bertz CT molecular complexity index is 534. The smallest absolute Gasteiger partial charge is 0.133 e. The van der Waals surface area contributed by atoms with Gasteiger partial charge in [0.2, 0.25) is 0 Å². The standard InChI is InChI=1S/C14H16BrNO2/c1-10(17)13-4-3-7-16(13)9-11-5-6-14(18-2)12(15)8-11/h3-8,10,17H,9H2,1-2H3. The van der Waals surface area contributed by atoms with Gasteiger partial charge in [-0.15, -0.1) is 0 Å². The number of hydrogen-bond acceptors (Lipinski definition) is 2. The summed E-state index contributed by atoms with van der Waals surface area (Å²) in [5.41, 5.74) is 2.07. The Balaban J connectivity index is 2.23. The summed E-state index contributed by atoms with van der Waals surface area (Å²) in [6.45, 7) is 2.51. The van der Waals surface area contributed by atoms with Crippen LogP contribution in [0.2, 0.25) is 0 Å². The largest absolute Gasteiger partial charge is 0.496 e. The first-order valence-corrected chi connectivity index (χ1v) is 6.56. The molecule has 0 fully saturated rings. The van der Waals surface area contributed by atoms with Gasteiger partial charge in [-0.1, -0.05) is 6.07 Å². The van der Waals surface area contributed by atoms with Crippen LogP contribution in [-0.2, 0) is 6.54 Å². The van der Waals surface area contributed by atoms with Gasteiger partial charge in [0.15, 0.2) is 0 Å². The van der Waals surface area contributed by atoms with E-state index in [9.17, 15) is 5.11 Å². The summed E-state index contributed by atoms with van der Waals surface area (Å²) in [6.07, 6.45) is 1.52. The van der Waals surface area contributed by atoms with Crippen LogP contribution >= 0.6 is 15.9 Å². The average Bonchev–Trinajstić information content (AvgIpc) is 2.77. The lowest BCUT2D eigenvalue weighted by Crippen LogP contribution is -2.05. The van der Waals surface area contributed by atoms with E-state index in [0.717, 1.165) is 28.0 Å². The molecule has 2 aromatic rings. The molecule has 0 aliphatic carbocycles. The van der Waals surface area contributed by atoms with E-state index in [0.29, 0.717) is 0 Å². The van der Waals surface area contributed by atoms with E-state index in [2.05, 4.69) is 15.9 Å². The van der Waals surface area contributed by atoms with Crippen molar-refractivity contribution in [1.29, 1.82) is 0 Å². The second-order valence-electron chi connectivity index (χ2n) is 4.21. The second kappa shape index (κ2) is 5.59. The van der Waals surface area contributed by atoms with Crippen LogP contribution in [0.1, 0.15) is 24.3 Å². The Morgan fingerprint density at radius 1 is 1.39 bits per heavy atom. The number of halogens is 1.